The predicted molar refractivity (Wildman–Crippen MR) is 129 cm³/mol. The van der Waals surface area contributed by atoms with E-state index in [9.17, 15) is 13.2 Å². The largest absolute Gasteiger partial charge is 0.479 e. The van der Waals surface area contributed by atoms with Crippen LogP contribution in [-0.4, -0.2) is 42.5 Å². The molecule has 0 amide bonds. The summed E-state index contributed by atoms with van der Waals surface area (Å²) in [4.78, 5) is 14.9. The minimum absolute atomic E-state index is 0.0677. The zero-order valence-corrected chi connectivity index (χ0v) is 19.9. The average Bonchev–Trinajstić information content (AvgIpc) is 3.48. The van der Waals surface area contributed by atoms with Gasteiger partial charge in [-0.15, -0.1) is 5.10 Å². The summed E-state index contributed by atoms with van der Waals surface area (Å²) in [6.45, 7) is 4.35. The summed E-state index contributed by atoms with van der Waals surface area (Å²) in [6, 6.07) is 9.07. The van der Waals surface area contributed by atoms with Crippen LogP contribution in [0.4, 0.5) is 24.8 Å². The molecule has 0 unspecified atom stereocenters. The average molecular weight is 496 g/mol. The molecule has 0 fully saturated rings. The summed E-state index contributed by atoms with van der Waals surface area (Å²) in [7, 11) is 1.54. The molecular weight excluding hydrogens is 471 g/mol. The van der Waals surface area contributed by atoms with Gasteiger partial charge < -0.3 is 14.2 Å². The molecular formula is C25H24F3N7O. The maximum atomic E-state index is 13.7. The van der Waals surface area contributed by atoms with E-state index in [4.69, 9.17) is 4.74 Å². The van der Waals surface area contributed by atoms with E-state index in [0.29, 0.717) is 36.3 Å². The van der Waals surface area contributed by atoms with Gasteiger partial charge in [0, 0.05) is 18.8 Å². The number of rotatable bonds is 5. The Bertz CT molecular complexity index is 1420. The molecule has 1 aliphatic heterocycles. The van der Waals surface area contributed by atoms with Crippen LogP contribution in [0.25, 0.3) is 17.8 Å². The van der Waals surface area contributed by atoms with Crippen LogP contribution in [0, 0.1) is 6.92 Å². The number of halogens is 3. The number of alkyl halides is 3. The number of ether oxygens (including phenoxy) is 1. The molecule has 0 bridgehead atoms. The van der Waals surface area contributed by atoms with Gasteiger partial charge in [0.15, 0.2) is 5.82 Å². The van der Waals surface area contributed by atoms with Gasteiger partial charge in [0.2, 0.25) is 11.8 Å². The van der Waals surface area contributed by atoms with E-state index in [1.165, 1.54) is 12.1 Å². The Hall–Kier alpha value is -4.15. The number of fused-ring (bicyclic) bond motifs is 1. The zero-order valence-electron chi connectivity index (χ0n) is 19.9. The van der Waals surface area contributed by atoms with Crippen molar-refractivity contribution in [2.45, 2.75) is 39.0 Å². The SMILES string of the molecule is COc1nc(C=Cc2nc3n(n2)CC[C@H](C)N3c2ccccc2C(F)(F)F)ccc1-n1cnc(C)c1. The second-order valence-corrected chi connectivity index (χ2v) is 8.54. The second kappa shape index (κ2) is 9.14. The number of nitrogens with zero attached hydrogens (tertiary/aromatic N) is 7. The van der Waals surface area contributed by atoms with Gasteiger partial charge in [-0.1, -0.05) is 12.1 Å². The molecule has 1 aromatic carbocycles. The summed E-state index contributed by atoms with van der Waals surface area (Å²) < 4.78 is 50.1. The Labute approximate surface area is 205 Å². The highest BCUT2D eigenvalue weighted by Gasteiger charge is 2.38. The van der Waals surface area contributed by atoms with Crippen LogP contribution in [0.15, 0.2) is 48.9 Å². The van der Waals surface area contributed by atoms with E-state index in [0.717, 1.165) is 17.4 Å². The minimum Gasteiger partial charge on any atom is -0.479 e. The molecule has 0 saturated carbocycles. The van der Waals surface area contributed by atoms with Gasteiger partial charge in [0.25, 0.3) is 0 Å². The van der Waals surface area contributed by atoms with E-state index in [2.05, 4.69) is 20.1 Å². The summed E-state index contributed by atoms with van der Waals surface area (Å²) in [5.41, 5.74) is 1.61. The molecule has 0 N–H and O–H groups in total. The Balaban J connectivity index is 1.46. The van der Waals surface area contributed by atoms with Gasteiger partial charge in [-0.3, -0.25) is 0 Å². The molecule has 4 aromatic rings. The third kappa shape index (κ3) is 4.43. The van der Waals surface area contributed by atoms with E-state index >= 15 is 0 Å². The molecule has 4 heterocycles. The maximum Gasteiger partial charge on any atom is 0.418 e. The second-order valence-electron chi connectivity index (χ2n) is 8.54. The number of para-hydroxylation sites is 1. The van der Waals surface area contributed by atoms with Crippen molar-refractivity contribution in [3.8, 4) is 11.6 Å². The molecule has 186 valence electrons. The summed E-state index contributed by atoms with van der Waals surface area (Å²) in [5.74, 6) is 1.18. The Morgan fingerprint density at radius 2 is 1.86 bits per heavy atom. The monoisotopic (exact) mass is 495 g/mol. The van der Waals surface area contributed by atoms with Crippen molar-refractivity contribution < 1.29 is 17.9 Å². The lowest BCUT2D eigenvalue weighted by atomic mass is 10.1. The van der Waals surface area contributed by atoms with Crippen LogP contribution in [-0.2, 0) is 12.7 Å². The number of hydrogen-bond donors (Lipinski definition) is 0. The fraction of sp³-hybridized carbons (Fsp3) is 0.280. The van der Waals surface area contributed by atoms with E-state index in [-0.39, 0.29) is 11.7 Å². The van der Waals surface area contributed by atoms with Crippen molar-refractivity contribution in [1.82, 2.24) is 29.3 Å². The minimum atomic E-state index is -4.48. The van der Waals surface area contributed by atoms with Crippen LogP contribution in [0.5, 0.6) is 5.88 Å². The highest BCUT2D eigenvalue weighted by molar-refractivity contribution is 5.68. The fourth-order valence-electron chi connectivity index (χ4n) is 4.25. The van der Waals surface area contributed by atoms with Crippen molar-refractivity contribution >= 4 is 23.8 Å². The Morgan fingerprint density at radius 1 is 1.06 bits per heavy atom. The smallest absolute Gasteiger partial charge is 0.418 e. The highest BCUT2D eigenvalue weighted by atomic mass is 19.4. The normalized spacial score (nSPS) is 15.9. The number of anilines is 2. The lowest BCUT2D eigenvalue weighted by molar-refractivity contribution is -0.137. The van der Waals surface area contributed by atoms with Crippen molar-refractivity contribution in [2.24, 2.45) is 0 Å². The molecule has 36 heavy (non-hydrogen) atoms. The third-order valence-corrected chi connectivity index (χ3v) is 6.00. The van der Waals surface area contributed by atoms with Gasteiger partial charge in [0.1, 0.15) is 5.69 Å². The van der Waals surface area contributed by atoms with E-state index < -0.39 is 11.7 Å². The highest BCUT2D eigenvalue weighted by Crippen LogP contribution is 2.41. The van der Waals surface area contributed by atoms with Crippen LogP contribution in [0.2, 0.25) is 0 Å². The molecule has 0 aliphatic carbocycles. The third-order valence-electron chi connectivity index (χ3n) is 6.00. The molecule has 8 nitrogen and oxygen atoms in total. The quantitative estimate of drug-likeness (QED) is 0.374. The first kappa shape index (κ1) is 23.6. The van der Waals surface area contributed by atoms with Crippen molar-refractivity contribution in [3.05, 3.63) is 71.7 Å². The molecule has 1 atom stereocenters. The lowest BCUT2D eigenvalue weighted by Gasteiger charge is -2.35. The number of hydrogen-bond acceptors (Lipinski definition) is 6. The summed E-state index contributed by atoms with van der Waals surface area (Å²) in [6.07, 6.45) is 3.15. The first-order valence-electron chi connectivity index (χ1n) is 11.4. The molecule has 1 aliphatic rings. The molecule has 0 saturated heterocycles. The van der Waals surface area contributed by atoms with Crippen molar-refractivity contribution in [3.63, 3.8) is 0 Å². The molecule has 11 heteroatoms. The van der Waals surface area contributed by atoms with E-state index in [1.54, 1.807) is 41.2 Å². The number of aromatic nitrogens is 6. The molecule has 5 rings (SSSR count). The van der Waals surface area contributed by atoms with Crippen molar-refractivity contribution in [1.29, 1.82) is 0 Å². The van der Waals surface area contributed by atoms with Crippen LogP contribution < -0.4 is 9.64 Å². The molecule has 0 spiro atoms. The molecule has 0 radical (unpaired) electrons. The number of aryl methyl sites for hydroxylation is 2. The van der Waals surface area contributed by atoms with Crippen LogP contribution >= 0.6 is 0 Å². The molecule has 3 aromatic heterocycles. The van der Waals surface area contributed by atoms with E-state index in [1.807, 2.05) is 36.7 Å². The predicted octanol–water partition coefficient (Wildman–Crippen LogP) is 5.30. The van der Waals surface area contributed by atoms with Gasteiger partial charge in [0.05, 0.1) is 36.1 Å². The topological polar surface area (TPSA) is 73.9 Å². The van der Waals surface area contributed by atoms with Gasteiger partial charge in [-0.25, -0.2) is 14.6 Å². The van der Waals surface area contributed by atoms with Gasteiger partial charge in [-0.05, 0) is 56.7 Å². The maximum absolute atomic E-state index is 13.7. The van der Waals surface area contributed by atoms with Crippen LogP contribution in [0.3, 0.4) is 0 Å². The first-order valence-corrected chi connectivity index (χ1v) is 11.4. The number of imidazole rings is 1. The van der Waals surface area contributed by atoms with Crippen molar-refractivity contribution in [2.75, 3.05) is 12.0 Å². The number of methoxy groups -OCH3 is 1. The first-order chi connectivity index (χ1) is 17.2. The number of pyridine rings is 1. The fourth-order valence-corrected chi connectivity index (χ4v) is 4.25. The van der Waals surface area contributed by atoms with Gasteiger partial charge >= 0.3 is 6.18 Å². The standard InChI is InChI=1S/C25H24F3N7O/c1-16-14-33(15-29-16)21-10-8-18(30-23(21)36-3)9-11-22-31-24-34(32-22)13-12-17(2)35(24)20-7-5-4-6-19(20)25(26,27)28/h4-11,14-15,17H,12-13H2,1-3H3/t17-/m0/s1. The Kier molecular flexibility index (Phi) is 5.99. The Morgan fingerprint density at radius 3 is 2.58 bits per heavy atom. The van der Waals surface area contributed by atoms with Gasteiger partial charge in [-0.2, -0.15) is 18.2 Å². The van der Waals surface area contributed by atoms with Crippen LogP contribution in [0.1, 0.15) is 36.1 Å². The summed E-state index contributed by atoms with van der Waals surface area (Å²) in [5, 5.41) is 4.50. The zero-order chi connectivity index (χ0) is 25.4. The number of benzene rings is 1. The summed E-state index contributed by atoms with van der Waals surface area (Å²) >= 11 is 0. The lowest BCUT2D eigenvalue weighted by Crippen LogP contribution is -2.37.